The number of carbonyl (C=O) groups is 2. The Morgan fingerprint density at radius 1 is 1.56 bits per heavy atom. The second-order valence-electron chi connectivity index (χ2n) is 4.89. The summed E-state index contributed by atoms with van der Waals surface area (Å²) < 4.78 is 0. The topological polar surface area (TPSA) is 78.4 Å². The maximum absolute atomic E-state index is 11.8. The summed E-state index contributed by atoms with van der Waals surface area (Å²) in [7, 11) is 0. The normalized spacial score (nSPS) is 19.2. The third kappa shape index (κ3) is 3.39. The van der Waals surface area contributed by atoms with Crippen molar-refractivity contribution in [2.75, 3.05) is 0 Å². The van der Waals surface area contributed by atoms with Crippen LogP contribution in [0.1, 0.15) is 39.5 Å². The van der Waals surface area contributed by atoms with Crippen molar-refractivity contribution < 1.29 is 14.7 Å². The van der Waals surface area contributed by atoms with Crippen LogP contribution in [-0.4, -0.2) is 28.7 Å². The molecule has 1 aliphatic carbocycles. The first-order valence-electron chi connectivity index (χ1n) is 6.19. The van der Waals surface area contributed by atoms with Crippen LogP contribution in [0.5, 0.6) is 0 Å². The van der Waals surface area contributed by atoms with E-state index >= 15 is 0 Å². The number of nitrogens with one attached hydrogen (secondary N) is 2. The number of aliphatic carboxylic acids is 1. The summed E-state index contributed by atoms with van der Waals surface area (Å²) in [5.74, 6) is 1.51. The minimum Gasteiger partial charge on any atom is -0.480 e. The number of terminal acetylenes is 1. The molecule has 0 bridgehead atoms. The van der Waals surface area contributed by atoms with Gasteiger partial charge in [0.25, 0.3) is 0 Å². The number of carboxylic acids is 1. The van der Waals surface area contributed by atoms with Gasteiger partial charge in [0, 0.05) is 12.5 Å². The van der Waals surface area contributed by atoms with Crippen LogP contribution >= 0.6 is 0 Å². The highest BCUT2D eigenvalue weighted by atomic mass is 16.4. The van der Waals surface area contributed by atoms with Gasteiger partial charge in [0.2, 0.25) is 0 Å². The van der Waals surface area contributed by atoms with Gasteiger partial charge in [-0.3, -0.25) is 0 Å². The summed E-state index contributed by atoms with van der Waals surface area (Å²) in [5, 5.41) is 14.5. The SMILES string of the molecule is C#CCC(CC)NC(=O)NC(C)(C(=O)O)C1CC1. The molecule has 18 heavy (non-hydrogen) atoms. The third-order valence-electron chi connectivity index (χ3n) is 3.40. The first-order chi connectivity index (χ1) is 8.43. The van der Waals surface area contributed by atoms with E-state index in [9.17, 15) is 14.7 Å². The zero-order valence-electron chi connectivity index (χ0n) is 10.8. The molecule has 0 heterocycles. The number of rotatable bonds is 6. The van der Waals surface area contributed by atoms with E-state index in [1.54, 1.807) is 6.92 Å². The monoisotopic (exact) mass is 252 g/mol. The van der Waals surface area contributed by atoms with Gasteiger partial charge in [-0.25, -0.2) is 9.59 Å². The molecule has 0 aromatic carbocycles. The maximum atomic E-state index is 11.8. The van der Waals surface area contributed by atoms with Crippen molar-refractivity contribution in [3.63, 3.8) is 0 Å². The van der Waals surface area contributed by atoms with E-state index in [0.717, 1.165) is 12.8 Å². The van der Waals surface area contributed by atoms with E-state index in [0.29, 0.717) is 12.8 Å². The van der Waals surface area contributed by atoms with E-state index < -0.39 is 17.5 Å². The summed E-state index contributed by atoms with van der Waals surface area (Å²) in [6, 6.07) is -0.582. The molecule has 2 amide bonds. The molecule has 0 saturated heterocycles. The Morgan fingerprint density at radius 2 is 2.17 bits per heavy atom. The van der Waals surface area contributed by atoms with E-state index in [1.165, 1.54) is 0 Å². The van der Waals surface area contributed by atoms with Crippen molar-refractivity contribution in [3.05, 3.63) is 0 Å². The van der Waals surface area contributed by atoms with E-state index in [1.807, 2.05) is 6.92 Å². The van der Waals surface area contributed by atoms with Crippen LogP contribution in [0.4, 0.5) is 4.79 Å². The van der Waals surface area contributed by atoms with E-state index in [2.05, 4.69) is 16.6 Å². The Balaban J connectivity index is 2.57. The molecular weight excluding hydrogens is 232 g/mol. The lowest BCUT2D eigenvalue weighted by Crippen LogP contribution is -2.57. The van der Waals surface area contributed by atoms with Crippen LogP contribution in [0.25, 0.3) is 0 Å². The van der Waals surface area contributed by atoms with Crippen molar-refractivity contribution in [2.24, 2.45) is 5.92 Å². The first kappa shape index (κ1) is 14.4. The van der Waals surface area contributed by atoms with Crippen molar-refractivity contribution >= 4 is 12.0 Å². The van der Waals surface area contributed by atoms with Gasteiger partial charge >= 0.3 is 12.0 Å². The fourth-order valence-electron chi connectivity index (χ4n) is 1.89. The molecule has 2 atom stereocenters. The van der Waals surface area contributed by atoms with Gasteiger partial charge in [0.15, 0.2) is 0 Å². The minimum absolute atomic E-state index is 0.0217. The number of carbonyl (C=O) groups excluding carboxylic acids is 1. The lowest BCUT2D eigenvalue weighted by molar-refractivity contribution is -0.144. The number of hydrogen-bond acceptors (Lipinski definition) is 2. The Kier molecular flexibility index (Phi) is 4.60. The van der Waals surface area contributed by atoms with Gasteiger partial charge in [-0.15, -0.1) is 12.3 Å². The summed E-state index contributed by atoms with van der Waals surface area (Å²) in [6.45, 7) is 3.47. The molecular formula is C13H20N2O3. The zero-order chi connectivity index (χ0) is 13.8. The van der Waals surface area contributed by atoms with Crippen molar-refractivity contribution in [1.82, 2.24) is 10.6 Å². The zero-order valence-corrected chi connectivity index (χ0v) is 10.8. The molecule has 2 unspecified atom stereocenters. The molecule has 0 aromatic rings. The fraction of sp³-hybridized carbons (Fsp3) is 0.692. The molecule has 5 heteroatoms. The standard InChI is InChI=1S/C13H20N2O3/c1-4-6-10(5-2)14-12(18)15-13(3,11(16)17)9-7-8-9/h1,9-10H,5-8H2,2-3H3,(H,16,17)(H2,14,15,18). The van der Waals surface area contributed by atoms with Crippen LogP contribution in [-0.2, 0) is 4.79 Å². The number of hydrogen-bond donors (Lipinski definition) is 3. The van der Waals surface area contributed by atoms with Gasteiger partial charge in [0.1, 0.15) is 5.54 Å². The largest absolute Gasteiger partial charge is 0.480 e. The maximum Gasteiger partial charge on any atom is 0.329 e. The molecule has 1 fully saturated rings. The summed E-state index contributed by atoms with van der Waals surface area (Å²) >= 11 is 0. The molecule has 1 saturated carbocycles. The quantitative estimate of drug-likeness (QED) is 0.624. The first-order valence-corrected chi connectivity index (χ1v) is 6.19. The lowest BCUT2D eigenvalue weighted by atomic mass is 9.96. The fourth-order valence-corrected chi connectivity index (χ4v) is 1.89. The van der Waals surface area contributed by atoms with Crippen LogP contribution in [0, 0.1) is 18.3 Å². The molecule has 0 spiro atoms. The Hall–Kier alpha value is -1.70. The van der Waals surface area contributed by atoms with Crippen molar-refractivity contribution in [1.29, 1.82) is 0 Å². The average molecular weight is 252 g/mol. The number of carboxylic acid groups (broad SMARTS) is 1. The predicted molar refractivity (Wildman–Crippen MR) is 68.0 cm³/mol. The molecule has 5 nitrogen and oxygen atoms in total. The highest BCUT2D eigenvalue weighted by Crippen LogP contribution is 2.39. The molecule has 1 rings (SSSR count). The lowest BCUT2D eigenvalue weighted by Gasteiger charge is -2.27. The Labute approximate surface area is 107 Å². The summed E-state index contributed by atoms with van der Waals surface area (Å²) in [4.78, 5) is 23.0. The van der Waals surface area contributed by atoms with E-state index in [-0.39, 0.29) is 12.0 Å². The van der Waals surface area contributed by atoms with Crippen LogP contribution in [0.2, 0.25) is 0 Å². The van der Waals surface area contributed by atoms with Gasteiger partial charge in [-0.05, 0) is 32.1 Å². The Bertz CT molecular complexity index is 371. The molecule has 0 aliphatic heterocycles. The summed E-state index contributed by atoms with van der Waals surface area (Å²) in [6.07, 6.45) is 8.03. The smallest absolute Gasteiger partial charge is 0.329 e. The van der Waals surface area contributed by atoms with Gasteiger partial charge < -0.3 is 15.7 Å². The second kappa shape index (κ2) is 5.76. The molecule has 3 N–H and O–H groups in total. The highest BCUT2D eigenvalue weighted by Gasteiger charge is 2.48. The van der Waals surface area contributed by atoms with Gasteiger partial charge in [0.05, 0.1) is 0 Å². The van der Waals surface area contributed by atoms with Gasteiger partial charge in [-0.2, -0.15) is 0 Å². The summed E-state index contributed by atoms with van der Waals surface area (Å²) in [5.41, 5.74) is -1.18. The van der Waals surface area contributed by atoms with Gasteiger partial charge in [-0.1, -0.05) is 6.92 Å². The highest BCUT2D eigenvalue weighted by molar-refractivity contribution is 5.86. The van der Waals surface area contributed by atoms with Crippen LogP contribution in [0.15, 0.2) is 0 Å². The predicted octanol–water partition coefficient (Wildman–Crippen LogP) is 1.34. The van der Waals surface area contributed by atoms with Crippen LogP contribution in [0.3, 0.4) is 0 Å². The minimum atomic E-state index is -1.18. The van der Waals surface area contributed by atoms with Crippen molar-refractivity contribution in [3.8, 4) is 12.3 Å². The Morgan fingerprint density at radius 3 is 2.56 bits per heavy atom. The number of urea groups is 1. The number of amides is 2. The third-order valence-corrected chi connectivity index (χ3v) is 3.40. The van der Waals surface area contributed by atoms with E-state index in [4.69, 9.17) is 6.42 Å². The molecule has 1 aliphatic rings. The molecule has 100 valence electrons. The van der Waals surface area contributed by atoms with Crippen molar-refractivity contribution in [2.45, 2.75) is 51.1 Å². The molecule has 0 aromatic heterocycles. The van der Waals surface area contributed by atoms with Crippen LogP contribution < -0.4 is 10.6 Å². The average Bonchev–Trinajstić information content (AvgIpc) is 3.11. The second-order valence-corrected chi connectivity index (χ2v) is 4.89. The molecule has 0 radical (unpaired) electrons.